The number of sulfonamides is 1. The van der Waals surface area contributed by atoms with Crippen LogP contribution in [0.15, 0.2) is 62.3 Å². The van der Waals surface area contributed by atoms with Gasteiger partial charge < -0.3 is 9.47 Å². The van der Waals surface area contributed by atoms with Crippen molar-refractivity contribution >= 4 is 42.5 Å². The Bertz CT molecular complexity index is 1150. The van der Waals surface area contributed by atoms with E-state index in [0.29, 0.717) is 10.6 Å². The van der Waals surface area contributed by atoms with Gasteiger partial charge >= 0.3 is 0 Å². The predicted octanol–water partition coefficient (Wildman–Crippen LogP) is 3.32. The quantitative estimate of drug-likeness (QED) is 0.512. The summed E-state index contributed by atoms with van der Waals surface area (Å²) in [6.45, 7) is -0.316. The molecule has 0 saturated heterocycles. The minimum atomic E-state index is -4.06. The van der Waals surface area contributed by atoms with E-state index in [-0.39, 0.29) is 21.4 Å². The van der Waals surface area contributed by atoms with Gasteiger partial charge in [0.05, 0.1) is 14.2 Å². The summed E-state index contributed by atoms with van der Waals surface area (Å²) < 4.78 is 64.9. The minimum absolute atomic E-state index is 0.127. The van der Waals surface area contributed by atoms with Gasteiger partial charge in [-0.2, -0.15) is 0 Å². The molecule has 0 aliphatic heterocycles. The molecule has 7 nitrogen and oxygen atoms in total. The third-order valence-corrected chi connectivity index (χ3v) is 10.2. The molecule has 2 aromatic heterocycles. The molecule has 0 unspecified atom stereocenters. The lowest BCUT2D eigenvalue weighted by Gasteiger charge is -2.17. The molecule has 0 radical (unpaired) electrons. The smallest absolute Gasteiger partial charge is 0.244 e. The second-order valence-electron chi connectivity index (χ2n) is 5.85. The number of methoxy groups -OCH3 is 2. The van der Waals surface area contributed by atoms with Crippen LogP contribution in [0.3, 0.4) is 0 Å². The highest BCUT2D eigenvalue weighted by molar-refractivity contribution is 7.94. The topological polar surface area (TPSA) is 98.8 Å². The molecule has 0 bridgehead atoms. The van der Waals surface area contributed by atoms with Crippen molar-refractivity contribution in [3.05, 3.63) is 58.1 Å². The Morgan fingerprint density at radius 1 is 0.966 bits per heavy atom. The van der Waals surface area contributed by atoms with Crippen LogP contribution in [0, 0.1) is 0 Å². The Kier molecular flexibility index (Phi) is 6.64. The maximum Gasteiger partial charge on any atom is 0.244 e. The number of nitrogens with one attached hydrogen (secondary N) is 1. The summed E-state index contributed by atoms with van der Waals surface area (Å²) in [5.41, 5.74) is 0. The molecular weight excluding hydrogens is 454 g/mol. The largest absolute Gasteiger partial charge is 0.497 e. The number of benzene rings is 1. The summed E-state index contributed by atoms with van der Waals surface area (Å²) in [5, 5.41) is 2.38. The molecule has 0 saturated carbocycles. The molecule has 156 valence electrons. The zero-order valence-corrected chi connectivity index (χ0v) is 18.8. The summed E-state index contributed by atoms with van der Waals surface area (Å²) >= 11 is 2.36. The monoisotopic (exact) mass is 473 g/mol. The van der Waals surface area contributed by atoms with Crippen LogP contribution in [-0.4, -0.2) is 37.6 Å². The lowest BCUT2D eigenvalue weighted by molar-refractivity contribution is 0.392. The van der Waals surface area contributed by atoms with Crippen LogP contribution >= 0.6 is 22.7 Å². The van der Waals surface area contributed by atoms with Gasteiger partial charge in [-0.1, -0.05) is 12.1 Å². The van der Waals surface area contributed by atoms with Crippen molar-refractivity contribution < 1.29 is 26.3 Å². The van der Waals surface area contributed by atoms with Crippen LogP contribution in [0.5, 0.6) is 11.5 Å². The van der Waals surface area contributed by atoms with Gasteiger partial charge in [-0.3, -0.25) is 0 Å². The van der Waals surface area contributed by atoms with E-state index in [9.17, 15) is 16.8 Å². The normalized spacial score (nSPS) is 13.2. The lowest BCUT2D eigenvalue weighted by Crippen LogP contribution is -2.31. The second-order valence-corrected chi connectivity index (χ2v) is 11.9. The van der Waals surface area contributed by atoms with E-state index in [2.05, 4.69) is 4.72 Å². The average molecular weight is 474 g/mol. The zero-order chi connectivity index (χ0) is 21.1. The van der Waals surface area contributed by atoms with Gasteiger partial charge in [-0.25, -0.2) is 21.6 Å². The Hall–Kier alpha value is -1.92. The average Bonchev–Trinajstić information content (AvgIpc) is 3.41. The van der Waals surface area contributed by atoms with E-state index in [0.717, 1.165) is 11.3 Å². The number of sulfone groups is 1. The van der Waals surface area contributed by atoms with Crippen LogP contribution < -0.4 is 14.2 Å². The fourth-order valence-corrected chi connectivity index (χ4v) is 7.98. The van der Waals surface area contributed by atoms with Crippen LogP contribution in [0.25, 0.3) is 0 Å². The summed E-state index contributed by atoms with van der Waals surface area (Å²) in [6, 6.07) is 11.0. The highest BCUT2D eigenvalue weighted by Crippen LogP contribution is 2.34. The van der Waals surface area contributed by atoms with Crippen molar-refractivity contribution in [2.24, 2.45) is 0 Å². The van der Waals surface area contributed by atoms with E-state index in [1.54, 1.807) is 35.0 Å². The molecule has 1 aromatic carbocycles. The van der Waals surface area contributed by atoms with Crippen molar-refractivity contribution in [1.82, 2.24) is 4.72 Å². The van der Waals surface area contributed by atoms with Crippen LogP contribution in [-0.2, 0) is 19.9 Å². The van der Waals surface area contributed by atoms with Crippen molar-refractivity contribution in [2.75, 3.05) is 20.8 Å². The Morgan fingerprint density at radius 3 is 2.28 bits per heavy atom. The Morgan fingerprint density at radius 2 is 1.69 bits per heavy atom. The van der Waals surface area contributed by atoms with E-state index in [1.165, 1.54) is 43.8 Å². The van der Waals surface area contributed by atoms with Crippen LogP contribution in [0.2, 0.25) is 0 Å². The molecule has 3 rings (SSSR count). The van der Waals surface area contributed by atoms with Crippen LogP contribution in [0.1, 0.15) is 10.1 Å². The Labute approximate surface area is 177 Å². The first kappa shape index (κ1) is 21.8. The predicted molar refractivity (Wildman–Crippen MR) is 113 cm³/mol. The van der Waals surface area contributed by atoms with Crippen molar-refractivity contribution in [1.29, 1.82) is 0 Å². The first-order chi connectivity index (χ1) is 13.8. The third-order valence-electron chi connectivity index (χ3n) is 4.13. The summed E-state index contributed by atoms with van der Waals surface area (Å²) in [4.78, 5) is 0.427. The summed E-state index contributed by atoms with van der Waals surface area (Å²) in [6.07, 6.45) is 0. The van der Waals surface area contributed by atoms with Crippen LogP contribution in [0.4, 0.5) is 0 Å². The zero-order valence-electron chi connectivity index (χ0n) is 15.6. The minimum Gasteiger partial charge on any atom is -0.497 e. The highest BCUT2D eigenvalue weighted by atomic mass is 32.2. The second kappa shape index (κ2) is 8.84. The summed E-state index contributed by atoms with van der Waals surface area (Å²) in [7, 11) is -5.05. The molecule has 0 fully saturated rings. The van der Waals surface area contributed by atoms with Gasteiger partial charge in [0.2, 0.25) is 10.0 Å². The number of ether oxygens (including phenoxy) is 2. The maximum absolute atomic E-state index is 13.1. The van der Waals surface area contributed by atoms with Gasteiger partial charge in [0.15, 0.2) is 9.84 Å². The fraction of sp³-hybridized carbons (Fsp3) is 0.222. The highest BCUT2D eigenvalue weighted by Gasteiger charge is 2.33. The van der Waals surface area contributed by atoms with Gasteiger partial charge in [0.25, 0.3) is 0 Å². The maximum atomic E-state index is 13.1. The van der Waals surface area contributed by atoms with Crippen molar-refractivity contribution in [3.8, 4) is 11.5 Å². The molecule has 0 aliphatic rings. The standard InChI is InChI=1S/C18H19NO6S4/c1-24-13-7-8-14(25-2)16(11-13)29(22,23)19-12-17(15-5-3-9-26-15)28(20,21)18-6-4-10-27-18/h3-11,17,19H,12H2,1-2H3/t17-/m1/s1. The lowest BCUT2D eigenvalue weighted by atomic mass is 10.3. The van der Waals surface area contributed by atoms with Crippen molar-refractivity contribution in [2.45, 2.75) is 14.4 Å². The Balaban J connectivity index is 1.94. The van der Waals surface area contributed by atoms with Gasteiger partial charge in [-0.15, -0.1) is 22.7 Å². The van der Waals surface area contributed by atoms with Gasteiger partial charge in [0.1, 0.15) is 25.9 Å². The molecule has 3 aromatic rings. The van der Waals surface area contributed by atoms with E-state index in [4.69, 9.17) is 9.47 Å². The number of hydrogen-bond donors (Lipinski definition) is 1. The number of thiophene rings is 2. The molecule has 1 atom stereocenters. The molecule has 2 heterocycles. The first-order valence-corrected chi connectivity index (χ1v) is 13.1. The number of rotatable bonds is 9. The molecule has 1 N–H and O–H groups in total. The molecular formula is C18H19NO6S4. The van der Waals surface area contributed by atoms with Gasteiger partial charge in [-0.05, 0) is 35.0 Å². The molecule has 0 aliphatic carbocycles. The van der Waals surface area contributed by atoms with E-state index in [1.807, 2.05) is 0 Å². The van der Waals surface area contributed by atoms with Gasteiger partial charge in [0, 0.05) is 17.5 Å². The molecule has 0 spiro atoms. The van der Waals surface area contributed by atoms with E-state index < -0.39 is 25.1 Å². The number of hydrogen-bond acceptors (Lipinski definition) is 8. The van der Waals surface area contributed by atoms with E-state index >= 15 is 0 Å². The molecule has 11 heteroatoms. The van der Waals surface area contributed by atoms with Crippen molar-refractivity contribution in [3.63, 3.8) is 0 Å². The SMILES string of the molecule is COc1ccc(OC)c(S(=O)(=O)NC[C@H](c2cccs2)S(=O)(=O)c2cccs2)c1. The molecule has 29 heavy (non-hydrogen) atoms. The summed E-state index contributed by atoms with van der Waals surface area (Å²) in [5.74, 6) is 0.472. The molecule has 0 amide bonds. The third kappa shape index (κ3) is 4.64. The fourth-order valence-electron chi connectivity index (χ4n) is 2.66. The first-order valence-electron chi connectivity index (χ1n) is 8.32.